The van der Waals surface area contributed by atoms with Gasteiger partial charge in [0.1, 0.15) is 11.3 Å². The van der Waals surface area contributed by atoms with Crippen LogP contribution in [0.4, 0.5) is 0 Å². The zero-order valence-electron chi connectivity index (χ0n) is 17.2. The predicted molar refractivity (Wildman–Crippen MR) is 111 cm³/mol. The molecule has 0 spiro atoms. The first-order valence-corrected chi connectivity index (χ1v) is 10.7. The largest absolute Gasteiger partial charge is 0.336 e. The molecule has 2 heterocycles. The predicted octanol–water partition coefficient (Wildman–Crippen LogP) is 0.797. The van der Waals surface area contributed by atoms with E-state index in [0.29, 0.717) is 29.9 Å². The Labute approximate surface area is 168 Å². The van der Waals surface area contributed by atoms with Gasteiger partial charge in [0.15, 0.2) is 5.65 Å². The van der Waals surface area contributed by atoms with Crippen molar-refractivity contribution in [2.24, 2.45) is 14.1 Å². The van der Waals surface area contributed by atoms with Gasteiger partial charge in [-0.25, -0.2) is 22.9 Å². The van der Waals surface area contributed by atoms with E-state index < -0.39 is 21.3 Å². The molecule has 3 rings (SSSR count). The van der Waals surface area contributed by atoms with Crippen LogP contribution in [-0.4, -0.2) is 34.1 Å². The summed E-state index contributed by atoms with van der Waals surface area (Å²) in [5, 5.41) is 0. The lowest BCUT2D eigenvalue weighted by Gasteiger charge is -2.11. The molecule has 2 aromatic heterocycles. The number of hydrogen-bond donors (Lipinski definition) is 2. The number of imidazole rings is 1. The molecule has 3 aromatic rings. The van der Waals surface area contributed by atoms with Gasteiger partial charge in [-0.3, -0.25) is 13.9 Å². The highest BCUT2D eigenvalue weighted by Crippen LogP contribution is 2.19. The lowest BCUT2D eigenvalue weighted by Crippen LogP contribution is -2.36. The van der Waals surface area contributed by atoms with Crippen molar-refractivity contribution in [1.29, 1.82) is 0 Å². The Balaban J connectivity index is 1.72. The van der Waals surface area contributed by atoms with Crippen molar-refractivity contribution in [1.82, 2.24) is 23.8 Å². The molecule has 0 unspecified atom stereocenters. The van der Waals surface area contributed by atoms with Crippen LogP contribution in [0.3, 0.4) is 0 Å². The van der Waals surface area contributed by atoms with Gasteiger partial charge in [-0.05, 0) is 49.9 Å². The maximum atomic E-state index is 12.6. The fourth-order valence-corrected chi connectivity index (χ4v) is 4.64. The van der Waals surface area contributed by atoms with Crippen LogP contribution in [0.5, 0.6) is 0 Å². The summed E-state index contributed by atoms with van der Waals surface area (Å²) in [6, 6.07) is 3.55. The average molecular weight is 420 g/mol. The number of fused-ring (bicyclic) bond motifs is 1. The van der Waals surface area contributed by atoms with Crippen LogP contribution in [-0.2, 0) is 30.5 Å². The number of sulfonamides is 1. The van der Waals surface area contributed by atoms with E-state index in [0.717, 1.165) is 15.7 Å². The molecular weight excluding hydrogens is 394 g/mol. The van der Waals surface area contributed by atoms with Gasteiger partial charge in [0, 0.05) is 27.1 Å². The summed E-state index contributed by atoms with van der Waals surface area (Å²) in [5.74, 6) is 0.528. The van der Waals surface area contributed by atoms with Crippen molar-refractivity contribution in [3.63, 3.8) is 0 Å². The number of rotatable bonds is 6. The highest BCUT2D eigenvalue weighted by Gasteiger charge is 2.18. The molecule has 2 N–H and O–H groups in total. The second-order valence-corrected chi connectivity index (χ2v) is 9.03. The fourth-order valence-electron chi connectivity index (χ4n) is 3.26. The normalized spacial score (nSPS) is 12.0. The first-order valence-electron chi connectivity index (χ1n) is 9.25. The molecule has 9 nitrogen and oxygen atoms in total. The van der Waals surface area contributed by atoms with Crippen LogP contribution in [0.1, 0.15) is 28.9 Å². The minimum absolute atomic E-state index is 0.225. The lowest BCUT2D eigenvalue weighted by molar-refractivity contribution is 0.577. The number of hydrogen-bond acceptors (Lipinski definition) is 5. The molecule has 0 aliphatic heterocycles. The van der Waals surface area contributed by atoms with Crippen LogP contribution < -0.4 is 16.0 Å². The first kappa shape index (κ1) is 21.0. The van der Waals surface area contributed by atoms with Gasteiger partial charge >= 0.3 is 5.69 Å². The average Bonchev–Trinajstić information content (AvgIpc) is 3.09. The molecule has 0 radical (unpaired) electrons. The minimum Gasteiger partial charge on any atom is -0.336 e. The maximum Gasteiger partial charge on any atom is 0.332 e. The van der Waals surface area contributed by atoms with Gasteiger partial charge in [0.25, 0.3) is 5.56 Å². The van der Waals surface area contributed by atoms with Crippen molar-refractivity contribution in [2.45, 2.75) is 38.5 Å². The molecule has 0 aliphatic carbocycles. The zero-order valence-corrected chi connectivity index (χ0v) is 18.0. The van der Waals surface area contributed by atoms with Gasteiger partial charge in [-0.1, -0.05) is 6.07 Å². The summed E-state index contributed by atoms with van der Waals surface area (Å²) < 4.78 is 30.2. The molecule has 0 fully saturated rings. The summed E-state index contributed by atoms with van der Waals surface area (Å²) >= 11 is 0. The molecule has 10 heteroatoms. The molecule has 0 saturated carbocycles. The standard InChI is InChI=1S/C19H25N5O4S/c1-11-9-13(3)14(10-12(11)2)29(27,28)20-8-6-7-15-21-16-17(22-15)23(4)19(26)24(5)18(16)25/h9-10,20H,6-8H2,1-5H3,(H,21,22). The molecule has 29 heavy (non-hydrogen) atoms. The summed E-state index contributed by atoms with van der Waals surface area (Å²) in [6.07, 6.45) is 0.914. The third kappa shape index (κ3) is 3.90. The molecule has 1 aromatic carbocycles. The second kappa shape index (κ2) is 7.60. The third-order valence-electron chi connectivity index (χ3n) is 5.11. The number of aromatic amines is 1. The number of benzene rings is 1. The van der Waals surface area contributed by atoms with Crippen molar-refractivity contribution in [3.05, 3.63) is 55.5 Å². The van der Waals surface area contributed by atoms with E-state index in [-0.39, 0.29) is 17.0 Å². The van der Waals surface area contributed by atoms with Crippen molar-refractivity contribution >= 4 is 21.2 Å². The van der Waals surface area contributed by atoms with Crippen LogP contribution in [0.15, 0.2) is 26.6 Å². The summed E-state index contributed by atoms with van der Waals surface area (Å²) in [5.41, 5.74) is 2.34. The molecule has 0 saturated heterocycles. The Hall–Kier alpha value is -2.72. The third-order valence-corrected chi connectivity index (χ3v) is 6.71. The smallest absolute Gasteiger partial charge is 0.332 e. The van der Waals surface area contributed by atoms with E-state index in [4.69, 9.17) is 0 Å². The van der Waals surface area contributed by atoms with E-state index in [2.05, 4.69) is 14.7 Å². The van der Waals surface area contributed by atoms with E-state index in [1.54, 1.807) is 20.0 Å². The Bertz CT molecular complexity index is 1320. The van der Waals surface area contributed by atoms with Gasteiger partial charge in [0.2, 0.25) is 10.0 Å². The van der Waals surface area contributed by atoms with Crippen LogP contribution in [0.2, 0.25) is 0 Å². The van der Waals surface area contributed by atoms with Crippen molar-refractivity contribution in [3.8, 4) is 0 Å². The van der Waals surface area contributed by atoms with E-state index in [9.17, 15) is 18.0 Å². The maximum absolute atomic E-state index is 12.6. The number of aromatic nitrogens is 4. The van der Waals surface area contributed by atoms with Crippen LogP contribution in [0.25, 0.3) is 11.2 Å². The van der Waals surface area contributed by atoms with Gasteiger partial charge in [-0.15, -0.1) is 0 Å². The van der Waals surface area contributed by atoms with Crippen molar-refractivity contribution in [2.75, 3.05) is 6.54 Å². The molecular formula is C19H25N5O4S. The summed E-state index contributed by atoms with van der Waals surface area (Å²) in [4.78, 5) is 31.7. The summed E-state index contributed by atoms with van der Waals surface area (Å²) in [7, 11) is -0.652. The number of aryl methyl sites for hydroxylation is 5. The second-order valence-electron chi connectivity index (χ2n) is 7.29. The van der Waals surface area contributed by atoms with Gasteiger partial charge in [0.05, 0.1) is 4.90 Å². The molecule has 0 atom stereocenters. The summed E-state index contributed by atoms with van der Waals surface area (Å²) in [6.45, 7) is 5.83. The van der Waals surface area contributed by atoms with Gasteiger partial charge in [-0.2, -0.15) is 0 Å². The Morgan fingerprint density at radius 3 is 2.38 bits per heavy atom. The molecule has 0 bridgehead atoms. The van der Waals surface area contributed by atoms with E-state index in [1.165, 1.54) is 11.6 Å². The van der Waals surface area contributed by atoms with Crippen molar-refractivity contribution < 1.29 is 8.42 Å². The first-order chi connectivity index (χ1) is 13.5. The number of nitrogens with zero attached hydrogens (tertiary/aromatic N) is 3. The number of H-pyrrole nitrogens is 1. The minimum atomic E-state index is -3.61. The topological polar surface area (TPSA) is 119 Å². The quantitative estimate of drug-likeness (QED) is 0.573. The number of nitrogens with one attached hydrogen (secondary N) is 2. The van der Waals surface area contributed by atoms with E-state index in [1.807, 2.05) is 19.9 Å². The molecule has 156 valence electrons. The van der Waals surface area contributed by atoms with Gasteiger partial charge < -0.3 is 4.98 Å². The molecule has 0 aliphatic rings. The lowest BCUT2D eigenvalue weighted by atomic mass is 10.1. The van der Waals surface area contributed by atoms with Crippen LogP contribution in [0, 0.1) is 20.8 Å². The van der Waals surface area contributed by atoms with E-state index >= 15 is 0 Å². The SMILES string of the molecule is Cc1cc(C)c(S(=O)(=O)NCCCc2nc3c([nH]2)c(=O)n(C)c(=O)n3C)cc1C. The fraction of sp³-hybridized carbons (Fsp3) is 0.421. The molecule has 0 amide bonds. The Kier molecular flexibility index (Phi) is 5.50. The highest BCUT2D eigenvalue weighted by atomic mass is 32.2. The monoisotopic (exact) mass is 419 g/mol. The zero-order chi connectivity index (χ0) is 21.5. The van der Waals surface area contributed by atoms with Crippen LogP contribution >= 0.6 is 0 Å². The Morgan fingerprint density at radius 2 is 1.69 bits per heavy atom. The Morgan fingerprint density at radius 1 is 1.03 bits per heavy atom. The highest BCUT2D eigenvalue weighted by molar-refractivity contribution is 7.89.